The summed E-state index contributed by atoms with van der Waals surface area (Å²) >= 11 is 5.87. The molecule has 2 rings (SSSR count). The summed E-state index contributed by atoms with van der Waals surface area (Å²) in [5, 5.41) is 2.60. The summed E-state index contributed by atoms with van der Waals surface area (Å²) in [6.07, 6.45) is -4.50. The Labute approximate surface area is 151 Å². The second kappa shape index (κ2) is 8.09. The maximum atomic E-state index is 12.6. The summed E-state index contributed by atoms with van der Waals surface area (Å²) in [6, 6.07) is 8.35. The largest absolute Gasteiger partial charge is 0.484 e. The Balaban J connectivity index is 2.01. The van der Waals surface area contributed by atoms with Crippen LogP contribution >= 0.6 is 11.6 Å². The third kappa shape index (κ3) is 5.13. The highest BCUT2D eigenvalue weighted by atomic mass is 35.5. The number of benzene rings is 2. The van der Waals surface area contributed by atoms with E-state index in [9.17, 15) is 22.8 Å². The first-order chi connectivity index (χ1) is 12.2. The number of hydrogen-bond acceptors (Lipinski definition) is 4. The number of esters is 1. The van der Waals surface area contributed by atoms with E-state index in [1.54, 1.807) is 0 Å². The zero-order valence-electron chi connectivity index (χ0n) is 13.4. The second-order valence-electron chi connectivity index (χ2n) is 5.05. The number of carbonyl (C=O) groups excluding carboxylic acids is 2. The minimum Gasteiger partial charge on any atom is -0.484 e. The van der Waals surface area contributed by atoms with Crippen molar-refractivity contribution in [3.63, 3.8) is 0 Å². The van der Waals surface area contributed by atoms with Gasteiger partial charge in [0.05, 0.1) is 23.3 Å². The first-order valence-electron chi connectivity index (χ1n) is 7.18. The van der Waals surface area contributed by atoms with Gasteiger partial charge in [-0.2, -0.15) is 13.2 Å². The molecule has 2 aromatic rings. The molecule has 1 N–H and O–H groups in total. The maximum absolute atomic E-state index is 12.6. The average Bonchev–Trinajstić information content (AvgIpc) is 2.60. The predicted molar refractivity (Wildman–Crippen MR) is 88.4 cm³/mol. The lowest BCUT2D eigenvalue weighted by Gasteiger charge is -2.11. The molecule has 0 radical (unpaired) electrons. The number of rotatable bonds is 5. The van der Waals surface area contributed by atoms with E-state index in [0.717, 1.165) is 12.1 Å². The highest BCUT2D eigenvalue weighted by Crippen LogP contribution is 2.31. The molecule has 0 saturated heterocycles. The number of halogens is 4. The van der Waals surface area contributed by atoms with E-state index >= 15 is 0 Å². The van der Waals surface area contributed by atoms with Crippen molar-refractivity contribution in [1.82, 2.24) is 0 Å². The number of anilines is 1. The van der Waals surface area contributed by atoms with Crippen molar-refractivity contribution in [2.75, 3.05) is 19.0 Å². The minimum absolute atomic E-state index is 0.0609. The summed E-state index contributed by atoms with van der Waals surface area (Å²) in [5.74, 6) is -1.40. The molecule has 26 heavy (non-hydrogen) atoms. The van der Waals surface area contributed by atoms with Crippen LogP contribution in [0.5, 0.6) is 5.75 Å². The van der Waals surface area contributed by atoms with E-state index < -0.39 is 30.2 Å². The number of alkyl halides is 3. The van der Waals surface area contributed by atoms with Gasteiger partial charge in [0.25, 0.3) is 5.91 Å². The highest BCUT2D eigenvalue weighted by molar-refractivity contribution is 6.33. The second-order valence-corrected chi connectivity index (χ2v) is 5.46. The summed E-state index contributed by atoms with van der Waals surface area (Å²) in [7, 11) is 1.19. The van der Waals surface area contributed by atoms with Crippen LogP contribution in [0.3, 0.4) is 0 Å². The van der Waals surface area contributed by atoms with Crippen LogP contribution in [0, 0.1) is 0 Å². The van der Waals surface area contributed by atoms with Crippen LogP contribution in [0.15, 0.2) is 42.5 Å². The fraction of sp³-hybridized carbons (Fsp3) is 0.176. The molecule has 9 heteroatoms. The van der Waals surface area contributed by atoms with Crippen molar-refractivity contribution in [1.29, 1.82) is 0 Å². The van der Waals surface area contributed by atoms with Crippen molar-refractivity contribution in [2.24, 2.45) is 0 Å². The van der Waals surface area contributed by atoms with Gasteiger partial charge in [-0.15, -0.1) is 0 Å². The van der Waals surface area contributed by atoms with Gasteiger partial charge in [-0.1, -0.05) is 17.7 Å². The number of nitrogens with one attached hydrogen (secondary N) is 1. The van der Waals surface area contributed by atoms with Crippen molar-refractivity contribution in [3.05, 3.63) is 58.6 Å². The van der Waals surface area contributed by atoms with Gasteiger partial charge in [-0.25, -0.2) is 4.79 Å². The van der Waals surface area contributed by atoms with Gasteiger partial charge in [0.2, 0.25) is 0 Å². The Morgan fingerprint density at radius 1 is 1.15 bits per heavy atom. The van der Waals surface area contributed by atoms with Gasteiger partial charge in [0.1, 0.15) is 5.75 Å². The fourth-order valence-corrected chi connectivity index (χ4v) is 2.17. The minimum atomic E-state index is -4.50. The Bertz CT molecular complexity index is 824. The van der Waals surface area contributed by atoms with Crippen LogP contribution < -0.4 is 10.1 Å². The van der Waals surface area contributed by atoms with Crippen molar-refractivity contribution >= 4 is 29.2 Å². The third-order valence-corrected chi connectivity index (χ3v) is 3.52. The van der Waals surface area contributed by atoms with Crippen molar-refractivity contribution in [3.8, 4) is 5.75 Å². The number of hydrogen-bond donors (Lipinski definition) is 1. The smallest absolute Gasteiger partial charge is 0.416 e. The van der Waals surface area contributed by atoms with Crippen LogP contribution in [0.2, 0.25) is 5.02 Å². The number of methoxy groups -OCH3 is 1. The predicted octanol–water partition coefficient (Wildman–Crippen LogP) is 4.16. The molecule has 5 nitrogen and oxygen atoms in total. The molecule has 0 bridgehead atoms. The molecule has 1 amide bonds. The zero-order valence-corrected chi connectivity index (χ0v) is 14.1. The maximum Gasteiger partial charge on any atom is 0.416 e. The lowest BCUT2D eigenvalue weighted by molar-refractivity contribution is -0.137. The van der Waals surface area contributed by atoms with Gasteiger partial charge >= 0.3 is 12.1 Å². The first-order valence-corrected chi connectivity index (χ1v) is 7.56. The Morgan fingerprint density at radius 2 is 1.88 bits per heavy atom. The summed E-state index contributed by atoms with van der Waals surface area (Å²) in [4.78, 5) is 23.5. The van der Waals surface area contributed by atoms with E-state index in [2.05, 4.69) is 10.1 Å². The van der Waals surface area contributed by atoms with E-state index in [1.165, 1.54) is 37.4 Å². The average molecular weight is 388 g/mol. The van der Waals surface area contributed by atoms with Gasteiger partial charge in [-0.3, -0.25) is 4.79 Å². The molecular weight excluding hydrogens is 375 g/mol. The van der Waals surface area contributed by atoms with Crippen LogP contribution in [0.25, 0.3) is 0 Å². The Kier molecular flexibility index (Phi) is 6.10. The van der Waals surface area contributed by atoms with Gasteiger partial charge in [0.15, 0.2) is 6.61 Å². The SMILES string of the molecule is COC(=O)c1cc(NC(=O)COc2cccc(C(F)(F)F)c2)ccc1Cl. The summed E-state index contributed by atoms with van der Waals surface area (Å²) < 4.78 is 47.5. The van der Waals surface area contributed by atoms with E-state index in [4.69, 9.17) is 16.3 Å². The fourth-order valence-electron chi connectivity index (χ4n) is 1.98. The summed E-state index contributed by atoms with van der Waals surface area (Å²) in [5.41, 5.74) is -0.561. The third-order valence-electron chi connectivity index (χ3n) is 3.19. The van der Waals surface area contributed by atoms with Gasteiger partial charge < -0.3 is 14.8 Å². The van der Waals surface area contributed by atoms with Crippen LogP contribution in [-0.2, 0) is 15.7 Å². The van der Waals surface area contributed by atoms with Crippen molar-refractivity contribution in [2.45, 2.75) is 6.18 Å². The van der Waals surface area contributed by atoms with E-state index in [1.807, 2.05) is 0 Å². The zero-order chi connectivity index (χ0) is 19.3. The molecule has 0 aliphatic rings. The quantitative estimate of drug-likeness (QED) is 0.782. The highest BCUT2D eigenvalue weighted by Gasteiger charge is 2.30. The van der Waals surface area contributed by atoms with Crippen molar-refractivity contribution < 1.29 is 32.2 Å². The standard InChI is InChI=1S/C17H13ClF3NO4/c1-25-16(24)13-8-11(5-6-14(13)18)22-15(23)9-26-12-4-2-3-10(7-12)17(19,20)21/h2-8H,9H2,1H3,(H,22,23). The molecule has 0 aliphatic carbocycles. The van der Waals surface area contributed by atoms with Crippen LogP contribution in [0.1, 0.15) is 15.9 Å². The molecule has 138 valence electrons. The first kappa shape index (κ1) is 19.6. The number of carbonyl (C=O) groups is 2. The monoisotopic (exact) mass is 387 g/mol. The normalized spacial score (nSPS) is 11.0. The molecule has 0 heterocycles. The Morgan fingerprint density at radius 3 is 2.54 bits per heavy atom. The lowest BCUT2D eigenvalue weighted by atomic mass is 10.2. The molecule has 0 saturated carbocycles. The number of ether oxygens (including phenoxy) is 2. The molecule has 0 unspecified atom stereocenters. The lowest BCUT2D eigenvalue weighted by Crippen LogP contribution is -2.20. The topological polar surface area (TPSA) is 64.6 Å². The number of amides is 1. The Hall–Kier alpha value is -2.74. The molecule has 0 aromatic heterocycles. The van der Waals surface area contributed by atoms with Gasteiger partial charge in [0, 0.05) is 5.69 Å². The van der Waals surface area contributed by atoms with Gasteiger partial charge in [-0.05, 0) is 36.4 Å². The van der Waals surface area contributed by atoms with Crippen LogP contribution in [-0.4, -0.2) is 25.6 Å². The van der Waals surface area contributed by atoms with E-state index in [-0.39, 0.29) is 22.0 Å². The molecular formula is C17H13ClF3NO4. The molecule has 0 atom stereocenters. The van der Waals surface area contributed by atoms with Crippen LogP contribution in [0.4, 0.5) is 18.9 Å². The molecule has 0 aliphatic heterocycles. The summed E-state index contributed by atoms with van der Waals surface area (Å²) in [6.45, 7) is -0.516. The molecule has 2 aromatic carbocycles. The van der Waals surface area contributed by atoms with E-state index in [0.29, 0.717) is 0 Å². The molecule has 0 fully saturated rings. The molecule has 0 spiro atoms.